The van der Waals surface area contributed by atoms with Crippen molar-refractivity contribution in [2.75, 3.05) is 13.1 Å². The third kappa shape index (κ3) is 3.84. The van der Waals surface area contributed by atoms with Crippen LogP contribution in [-0.2, 0) is 6.54 Å². The predicted molar refractivity (Wildman–Crippen MR) is 114 cm³/mol. The number of carbonyl (C=O) groups is 1. The Morgan fingerprint density at radius 3 is 2.69 bits per heavy atom. The minimum atomic E-state index is -0.513. The number of amides is 1. The van der Waals surface area contributed by atoms with E-state index in [1.54, 1.807) is 12.9 Å². The Hall–Kier alpha value is -2.90. The molecule has 0 radical (unpaired) electrons. The van der Waals surface area contributed by atoms with E-state index in [2.05, 4.69) is 6.08 Å². The first-order chi connectivity index (χ1) is 13.9. The topological polar surface area (TPSA) is 71.5 Å². The number of hydrogen-bond donors (Lipinski definition) is 2. The van der Waals surface area contributed by atoms with Gasteiger partial charge in [0.1, 0.15) is 11.5 Å². The van der Waals surface area contributed by atoms with Crippen molar-refractivity contribution in [2.45, 2.75) is 19.8 Å². The molecule has 0 aliphatic carbocycles. The molecule has 3 aromatic rings. The van der Waals surface area contributed by atoms with Crippen LogP contribution in [0.1, 0.15) is 28.0 Å². The van der Waals surface area contributed by atoms with Gasteiger partial charge in [-0.05, 0) is 60.8 Å². The van der Waals surface area contributed by atoms with Crippen LogP contribution in [0.25, 0.3) is 16.5 Å². The summed E-state index contributed by atoms with van der Waals surface area (Å²) in [5.74, 6) is -0.822. The summed E-state index contributed by atoms with van der Waals surface area (Å²) in [4.78, 5) is 14.1. The lowest BCUT2D eigenvalue weighted by Crippen LogP contribution is -2.39. The second-order valence-electron chi connectivity index (χ2n) is 7.45. The molecular formula is C22H23BFN3O2. The highest BCUT2D eigenvalue weighted by Crippen LogP contribution is 2.32. The van der Waals surface area contributed by atoms with Gasteiger partial charge < -0.3 is 20.1 Å². The monoisotopic (exact) mass is 391 g/mol. The van der Waals surface area contributed by atoms with Gasteiger partial charge in [0, 0.05) is 24.0 Å². The second-order valence-corrected chi connectivity index (χ2v) is 7.45. The van der Waals surface area contributed by atoms with Crippen LogP contribution >= 0.6 is 0 Å². The summed E-state index contributed by atoms with van der Waals surface area (Å²) in [7, 11) is -0.475. The largest absolute Gasteiger partial charge is 0.437 e. The Morgan fingerprint density at radius 1 is 1.24 bits per heavy atom. The van der Waals surface area contributed by atoms with Gasteiger partial charge >= 0.3 is 7.05 Å². The molecule has 2 aromatic carbocycles. The fourth-order valence-electron chi connectivity index (χ4n) is 4.03. The van der Waals surface area contributed by atoms with E-state index in [4.69, 9.17) is 5.73 Å². The normalized spacial score (nSPS) is 14.8. The summed E-state index contributed by atoms with van der Waals surface area (Å²) < 4.78 is 15.5. The van der Waals surface area contributed by atoms with Crippen LogP contribution in [0.5, 0.6) is 0 Å². The zero-order chi connectivity index (χ0) is 20.5. The van der Waals surface area contributed by atoms with Crippen LogP contribution in [0, 0.1) is 5.82 Å². The Bertz CT molecular complexity index is 1110. The van der Waals surface area contributed by atoms with Gasteiger partial charge in [0.15, 0.2) is 0 Å². The van der Waals surface area contributed by atoms with Gasteiger partial charge in [0.05, 0.1) is 0 Å². The highest BCUT2D eigenvalue weighted by atomic mass is 19.1. The van der Waals surface area contributed by atoms with Gasteiger partial charge in [-0.25, -0.2) is 4.39 Å². The van der Waals surface area contributed by atoms with E-state index < -0.39 is 13.0 Å². The summed E-state index contributed by atoms with van der Waals surface area (Å²) in [6, 6.07) is 14.1. The quantitative estimate of drug-likeness (QED) is 0.657. The number of halogens is 1. The van der Waals surface area contributed by atoms with Crippen molar-refractivity contribution in [3.05, 3.63) is 77.2 Å². The third-order valence-corrected chi connectivity index (χ3v) is 5.54. The van der Waals surface area contributed by atoms with Gasteiger partial charge in [-0.15, -0.1) is 0 Å². The van der Waals surface area contributed by atoms with Crippen LogP contribution in [0.3, 0.4) is 0 Å². The minimum absolute atomic E-state index is 0.310. The van der Waals surface area contributed by atoms with Crippen LogP contribution in [0.4, 0.5) is 4.39 Å². The molecule has 7 heteroatoms. The van der Waals surface area contributed by atoms with E-state index in [0.717, 1.165) is 35.0 Å². The van der Waals surface area contributed by atoms with E-state index in [1.165, 1.54) is 17.7 Å². The predicted octanol–water partition coefficient (Wildman–Crippen LogP) is 3.13. The number of hydrogen-bond acceptors (Lipinski definition) is 3. The Morgan fingerprint density at radius 2 is 2.03 bits per heavy atom. The Labute approximate surface area is 169 Å². The van der Waals surface area contributed by atoms with Gasteiger partial charge in [0.25, 0.3) is 5.91 Å². The van der Waals surface area contributed by atoms with Crippen LogP contribution < -0.4 is 5.73 Å². The molecule has 148 valence electrons. The lowest BCUT2D eigenvalue weighted by atomic mass is 9.82. The van der Waals surface area contributed by atoms with Gasteiger partial charge in [-0.2, -0.15) is 0 Å². The van der Waals surface area contributed by atoms with Crippen molar-refractivity contribution in [1.29, 1.82) is 0 Å². The summed E-state index contributed by atoms with van der Waals surface area (Å²) in [6.07, 6.45) is 2.93. The van der Waals surface area contributed by atoms with Gasteiger partial charge in [-0.1, -0.05) is 30.3 Å². The SMILES string of the molecule is CB(O)N1CC=C(c2cccc3c2cc(C(N)=O)n3Cc2cccc(F)c2)CC1. The Balaban J connectivity index is 1.79. The number of primary amides is 1. The summed E-state index contributed by atoms with van der Waals surface area (Å²) >= 11 is 0. The van der Waals surface area contributed by atoms with Crippen molar-refractivity contribution >= 4 is 29.4 Å². The molecule has 0 bridgehead atoms. The average Bonchev–Trinajstić information content (AvgIpc) is 3.07. The molecule has 0 fully saturated rings. The zero-order valence-corrected chi connectivity index (χ0v) is 16.3. The molecule has 0 spiro atoms. The number of nitrogens with two attached hydrogens (primary N) is 1. The highest BCUT2D eigenvalue weighted by molar-refractivity contribution is 6.45. The molecule has 1 aromatic heterocycles. The first-order valence-corrected chi connectivity index (χ1v) is 9.72. The van der Waals surface area contributed by atoms with Crippen molar-refractivity contribution in [1.82, 2.24) is 9.38 Å². The number of rotatable bonds is 5. The fraction of sp³-hybridized carbons (Fsp3) is 0.227. The maximum absolute atomic E-state index is 13.6. The molecule has 1 aliphatic rings. The van der Waals surface area contributed by atoms with Crippen LogP contribution in [0.2, 0.25) is 6.82 Å². The maximum atomic E-state index is 13.6. The molecule has 5 nitrogen and oxygen atoms in total. The summed E-state index contributed by atoms with van der Waals surface area (Å²) in [5.41, 5.74) is 9.96. The zero-order valence-electron chi connectivity index (χ0n) is 16.3. The average molecular weight is 391 g/mol. The molecule has 0 atom stereocenters. The highest BCUT2D eigenvalue weighted by Gasteiger charge is 2.22. The van der Waals surface area contributed by atoms with Crippen LogP contribution in [-0.4, -0.2) is 40.4 Å². The summed E-state index contributed by atoms with van der Waals surface area (Å²) in [6.45, 7) is 3.58. The molecule has 29 heavy (non-hydrogen) atoms. The first-order valence-electron chi connectivity index (χ1n) is 9.72. The van der Waals surface area contributed by atoms with Crippen molar-refractivity contribution in [2.24, 2.45) is 5.73 Å². The van der Waals surface area contributed by atoms with Gasteiger partial charge in [-0.3, -0.25) is 4.79 Å². The molecule has 4 rings (SSSR count). The third-order valence-electron chi connectivity index (χ3n) is 5.54. The van der Waals surface area contributed by atoms with E-state index in [-0.39, 0.29) is 5.82 Å². The van der Waals surface area contributed by atoms with E-state index in [0.29, 0.717) is 18.8 Å². The van der Waals surface area contributed by atoms with Crippen molar-refractivity contribution in [3.8, 4) is 0 Å². The second kappa shape index (κ2) is 7.85. The molecule has 1 aliphatic heterocycles. The number of fused-ring (bicyclic) bond motifs is 1. The summed E-state index contributed by atoms with van der Waals surface area (Å²) in [5, 5.41) is 10.7. The lowest BCUT2D eigenvalue weighted by molar-refractivity contribution is 0.0992. The van der Waals surface area contributed by atoms with E-state index in [1.807, 2.05) is 39.7 Å². The van der Waals surface area contributed by atoms with Crippen molar-refractivity contribution in [3.63, 3.8) is 0 Å². The fourth-order valence-corrected chi connectivity index (χ4v) is 4.03. The molecule has 2 heterocycles. The maximum Gasteiger partial charge on any atom is 0.376 e. The lowest BCUT2D eigenvalue weighted by Gasteiger charge is -2.27. The first kappa shape index (κ1) is 19.4. The van der Waals surface area contributed by atoms with E-state index >= 15 is 0 Å². The van der Waals surface area contributed by atoms with E-state index in [9.17, 15) is 14.2 Å². The molecule has 3 N–H and O–H groups in total. The molecule has 0 saturated heterocycles. The minimum Gasteiger partial charge on any atom is -0.437 e. The molecule has 1 amide bonds. The Kier molecular flexibility index (Phi) is 5.26. The number of carbonyl (C=O) groups excluding carboxylic acids is 1. The van der Waals surface area contributed by atoms with Crippen LogP contribution in [0.15, 0.2) is 54.6 Å². The molecular weight excluding hydrogens is 368 g/mol. The number of benzene rings is 2. The van der Waals surface area contributed by atoms with Crippen molar-refractivity contribution < 1.29 is 14.2 Å². The molecule has 0 saturated carbocycles. The molecule has 0 unspecified atom stereocenters. The standard InChI is InChI=1S/C22H23BFN3O2/c1-23(29)26-10-8-16(9-11-26)18-6-3-7-20-19(18)13-21(22(25)28)27(20)14-15-4-2-5-17(24)12-15/h2-8,12-13,29H,9-11,14H2,1H3,(H2,25,28). The number of aromatic nitrogens is 1. The smallest absolute Gasteiger partial charge is 0.376 e. The number of nitrogens with zero attached hydrogens (tertiary/aromatic N) is 2. The van der Waals surface area contributed by atoms with Gasteiger partial charge in [0.2, 0.25) is 0 Å².